The van der Waals surface area contributed by atoms with Gasteiger partial charge in [-0.2, -0.15) is 5.10 Å². The van der Waals surface area contributed by atoms with Crippen molar-refractivity contribution in [2.24, 2.45) is 5.92 Å². The van der Waals surface area contributed by atoms with Crippen molar-refractivity contribution in [3.63, 3.8) is 0 Å². The van der Waals surface area contributed by atoms with Crippen molar-refractivity contribution in [2.45, 2.75) is 166 Å². The predicted molar refractivity (Wildman–Crippen MR) is 318 cm³/mol. The maximum absolute atomic E-state index is 15.1. The van der Waals surface area contributed by atoms with Crippen molar-refractivity contribution in [2.75, 3.05) is 63.1 Å². The first-order valence-corrected chi connectivity index (χ1v) is 30.8. The molecule has 23 nitrogen and oxygen atoms in total. The van der Waals surface area contributed by atoms with Crippen LogP contribution in [0, 0.1) is 19.8 Å². The number of anilines is 3. The van der Waals surface area contributed by atoms with Gasteiger partial charge >= 0.3 is 6.09 Å². The number of carbonyl (C=O) groups excluding carboxylic acids is 5. The van der Waals surface area contributed by atoms with Gasteiger partial charge in [-0.25, -0.2) is 33.1 Å². The maximum atomic E-state index is 15.1. The number of aromatic amines is 1. The number of nitrogens with zero attached hydrogens (tertiary/aromatic N) is 9. The Morgan fingerprint density at radius 3 is 2.26 bits per heavy atom. The second kappa shape index (κ2) is 25.4. The van der Waals surface area contributed by atoms with Crippen LogP contribution in [0.1, 0.15) is 139 Å². The molecule has 2 aromatic carbocycles. The van der Waals surface area contributed by atoms with E-state index in [0.717, 1.165) is 55.3 Å². The molecule has 5 amide bonds. The second-order valence-corrected chi connectivity index (χ2v) is 27.4. The van der Waals surface area contributed by atoms with E-state index in [1.807, 2.05) is 36.9 Å². The molecule has 2 saturated heterocycles. The van der Waals surface area contributed by atoms with Crippen LogP contribution in [0.5, 0.6) is 5.75 Å². The number of amides is 5. The van der Waals surface area contributed by atoms with Gasteiger partial charge in [-0.3, -0.25) is 34.1 Å². The summed E-state index contributed by atoms with van der Waals surface area (Å²) in [7, 11) is -2.40. The lowest BCUT2D eigenvalue weighted by molar-refractivity contribution is -0.143. The topological polar surface area (TPSA) is 279 Å². The molecule has 5 atom stereocenters. The molecule has 0 bridgehead atoms. The Hall–Kier alpha value is -7.47. The number of hydrogen-bond acceptors (Lipinski definition) is 17. The quantitative estimate of drug-likeness (QED) is 0.0665. The smallest absolute Gasteiger partial charge is 0.410 e. The van der Waals surface area contributed by atoms with Gasteiger partial charge in [0.15, 0.2) is 15.7 Å². The van der Waals surface area contributed by atoms with E-state index in [1.165, 1.54) is 41.1 Å². The van der Waals surface area contributed by atoms with Crippen LogP contribution < -0.4 is 30.9 Å². The number of likely N-dealkylation sites (N-methyl/N-ethyl adjacent to an activating group) is 1. The average molecular weight is 1180 g/mol. The number of aromatic nitrogens is 6. The summed E-state index contributed by atoms with van der Waals surface area (Å²) in [5, 5.41) is 20.4. The highest BCUT2D eigenvalue weighted by atomic mass is 32.2. The molecular formula is C60H82N14O9S. The molecule has 0 spiro atoms. The number of sulfone groups is 1. The number of fused-ring (bicyclic) bond motifs is 2. The molecule has 1 saturated carbocycles. The third-order valence-electron chi connectivity index (χ3n) is 16.7. The van der Waals surface area contributed by atoms with Gasteiger partial charge in [0.2, 0.25) is 23.7 Å². The van der Waals surface area contributed by atoms with Crippen LogP contribution in [0.2, 0.25) is 0 Å². The van der Waals surface area contributed by atoms with Crippen molar-refractivity contribution in [3.8, 4) is 5.75 Å². The summed E-state index contributed by atoms with van der Waals surface area (Å²) in [6.07, 6.45) is 10.5. The number of carbonyl (C=O) groups is 5. The fourth-order valence-electron chi connectivity index (χ4n) is 11.4. The minimum atomic E-state index is -3.88. The van der Waals surface area contributed by atoms with Crippen LogP contribution >= 0.6 is 0 Å². The van der Waals surface area contributed by atoms with E-state index < -0.39 is 68.2 Å². The Bertz CT molecular complexity index is 3330. The van der Waals surface area contributed by atoms with Crippen LogP contribution in [0.3, 0.4) is 0 Å². The average Bonchev–Trinajstić information content (AvgIpc) is 4.22. The van der Waals surface area contributed by atoms with Crippen molar-refractivity contribution in [1.82, 2.24) is 60.8 Å². The molecule has 2 aliphatic heterocycles. The number of rotatable bonds is 17. The molecule has 3 aromatic heterocycles. The van der Waals surface area contributed by atoms with E-state index >= 15 is 4.79 Å². The summed E-state index contributed by atoms with van der Waals surface area (Å²) in [5.41, 5.74) is 3.94. The number of likely N-dealkylation sites (tertiary alicyclic amines) is 1. The maximum Gasteiger partial charge on any atom is 0.410 e. The van der Waals surface area contributed by atoms with Gasteiger partial charge in [-0.1, -0.05) is 43.5 Å². The van der Waals surface area contributed by atoms with Crippen LogP contribution in [-0.4, -0.2) is 170 Å². The highest BCUT2D eigenvalue weighted by Crippen LogP contribution is 2.38. The SMILES string of the molecule is Cc1[nH]nc(Nc2ncnc3cc(OCCN4CCN(c5ncc(C(=O)N[C@H]6C[C@@H](C(=O)N[C@@H]7CCCc8ccccc87)N(C(=O)[C@@H](NC(=O)[C@H](C)N(C)C(=O)OC(C)(C)C)C7CCCCC7)C6)cn5)CC4)c(S(=O)(=O)C(C)(C)C)cc23)c1C. The van der Waals surface area contributed by atoms with E-state index in [0.29, 0.717) is 74.1 Å². The second-order valence-electron chi connectivity index (χ2n) is 24.8. The highest BCUT2D eigenvalue weighted by molar-refractivity contribution is 7.92. The molecule has 9 rings (SSSR count). The molecule has 24 heteroatoms. The number of aryl methyl sites for hydroxylation is 2. The van der Waals surface area contributed by atoms with Crippen molar-refractivity contribution in [1.29, 1.82) is 0 Å². The summed E-state index contributed by atoms with van der Waals surface area (Å²) < 4.78 is 38.9. The van der Waals surface area contributed by atoms with Crippen molar-refractivity contribution >= 4 is 68.0 Å². The molecule has 5 aromatic rings. The van der Waals surface area contributed by atoms with E-state index in [2.05, 4.69) is 62.4 Å². The lowest BCUT2D eigenvalue weighted by Gasteiger charge is -2.36. The van der Waals surface area contributed by atoms with E-state index in [9.17, 15) is 27.6 Å². The first kappa shape index (κ1) is 61.1. The molecule has 0 unspecified atom stereocenters. The Kier molecular flexibility index (Phi) is 18.5. The van der Waals surface area contributed by atoms with Gasteiger partial charge in [0.05, 0.1) is 21.9 Å². The lowest BCUT2D eigenvalue weighted by atomic mass is 9.83. The number of benzene rings is 2. The van der Waals surface area contributed by atoms with Gasteiger partial charge in [0.1, 0.15) is 53.1 Å². The Balaban J connectivity index is 0.843. The van der Waals surface area contributed by atoms with Gasteiger partial charge in [0, 0.05) is 87.5 Å². The molecule has 5 N–H and O–H groups in total. The normalized spacial score (nSPS) is 19.7. The number of piperazine rings is 1. The third-order valence-corrected chi connectivity index (χ3v) is 19.3. The summed E-state index contributed by atoms with van der Waals surface area (Å²) in [6.45, 7) is 18.8. The zero-order valence-electron chi connectivity index (χ0n) is 50.1. The van der Waals surface area contributed by atoms with Crippen molar-refractivity contribution < 1.29 is 41.9 Å². The van der Waals surface area contributed by atoms with E-state index in [1.54, 1.807) is 60.6 Å². The molecule has 2 aliphatic carbocycles. The minimum Gasteiger partial charge on any atom is -0.491 e. The van der Waals surface area contributed by atoms with Crippen LogP contribution in [0.25, 0.3) is 10.9 Å². The number of H-pyrrole nitrogens is 1. The predicted octanol–water partition coefficient (Wildman–Crippen LogP) is 6.49. The van der Waals surface area contributed by atoms with E-state index in [4.69, 9.17) is 9.47 Å². The monoisotopic (exact) mass is 1170 g/mol. The van der Waals surface area contributed by atoms with Crippen molar-refractivity contribution in [3.05, 3.63) is 83.1 Å². The standard InChI is InChI=1S/C60H82N14O9S/c1-36-37(2)69-70-51(36)68-52-44-30-49(84(80,81)60(7,8)9)48(31-46(44)63-35-64-52)82-28-27-72-23-25-73(26-24-72)57-61-32-41(33-62-57)54(76)65-42-29-47(55(77)66-45-22-16-20-39-17-14-15-21-43(39)45)74(34-42)56(78)50(40-18-12-11-13-19-40)67-53(75)38(3)71(10)58(79)83-59(4,5)6/h14-15,17,21,30-33,35,38,40,42,45,47,50H,11-13,16,18-20,22-29,34H2,1-10H3,(H,65,76)(H,66,77)(H,67,75)(H2,63,64,68,69,70)/t38-,42-,45+,47-,50-/m0/s1. The first-order valence-electron chi connectivity index (χ1n) is 29.4. The lowest BCUT2D eigenvalue weighted by Crippen LogP contribution is -2.59. The third kappa shape index (κ3) is 13.9. The summed E-state index contributed by atoms with van der Waals surface area (Å²) in [4.78, 5) is 96.0. The Labute approximate surface area is 492 Å². The first-order chi connectivity index (χ1) is 39.9. The van der Waals surface area contributed by atoms with Gasteiger partial charge in [0.25, 0.3) is 5.91 Å². The molecule has 0 radical (unpaired) electrons. The summed E-state index contributed by atoms with van der Waals surface area (Å²) in [6, 6.07) is 7.47. The van der Waals surface area contributed by atoms with Crippen LogP contribution in [0.15, 0.2) is 60.0 Å². The van der Waals surface area contributed by atoms with Crippen LogP contribution in [-0.2, 0) is 35.4 Å². The van der Waals surface area contributed by atoms with Gasteiger partial charge in [-0.05, 0) is 124 Å². The highest BCUT2D eigenvalue weighted by Gasteiger charge is 2.46. The molecular weight excluding hydrogens is 1090 g/mol. The summed E-state index contributed by atoms with van der Waals surface area (Å²) in [5.74, 6) is -0.300. The zero-order chi connectivity index (χ0) is 60.3. The Morgan fingerprint density at radius 1 is 0.869 bits per heavy atom. The summed E-state index contributed by atoms with van der Waals surface area (Å²) >= 11 is 0. The van der Waals surface area contributed by atoms with E-state index in [-0.39, 0.29) is 53.6 Å². The molecule has 5 heterocycles. The molecule has 452 valence electrons. The fourth-order valence-corrected chi connectivity index (χ4v) is 12.8. The zero-order valence-corrected chi connectivity index (χ0v) is 50.9. The van der Waals surface area contributed by atoms with Gasteiger partial charge < -0.3 is 40.5 Å². The fraction of sp³-hybridized carbons (Fsp3) is 0.567. The number of ether oxygens (including phenoxy) is 2. The number of nitrogens with one attached hydrogen (secondary N) is 5. The van der Waals surface area contributed by atoms with Crippen LogP contribution in [0.4, 0.5) is 22.4 Å². The Morgan fingerprint density at radius 2 is 1.58 bits per heavy atom. The molecule has 3 fully saturated rings. The largest absolute Gasteiger partial charge is 0.491 e. The minimum absolute atomic E-state index is 0.0182. The van der Waals surface area contributed by atoms with Gasteiger partial charge in [-0.15, -0.1) is 0 Å². The number of hydrogen-bond donors (Lipinski definition) is 5. The molecule has 84 heavy (non-hydrogen) atoms. The molecule has 4 aliphatic rings.